The number of hydrogen-bond donors (Lipinski definition) is 3. The quantitative estimate of drug-likeness (QED) is 0.785. The maximum atomic E-state index is 12.2. The summed E-state index contributed by atoms with van der Waals surface area (Å²) in [4.78, 5) is 26.9. The predicted octanol–water partition coefficient (Wildman–Crippen LogP) is 0.963. The Hall–Kier alpha value is -2.08. The van der Waals surface area contributed by atoms with Gasteiger partial charge in [-0.1, -0.05) is 18.6 Å². The molecule has 0 saturated heterocycles. The van der Waals surface area contributed by atoms with Crippen molar-refractivity contribution in [3.8, 4) is 0 Å². The molecule has 0 spiro atoms. The molecule has 1 fully saturated rings. The lowest BCUT2D eigenvalue weighted by molar-refractivity contribution is -0.126. The third-order valence-electron chi connectivity index (χ3n) is 4.40. The van der Waals surface area contributed by atoms with E-state index in [0.29, 0.717) is 13.1 Å². The first-order valence-electron chi connectivity index (χ1n) is 7.86. The third-order valence-corrected chi connectivity index (χ3v) is 4.40. The molecule has 3 rings (SSSR count). The standard InChI is InChI=1S/C16H22N4O2/c17-12-5-3-4-11(10-12)15(21)18-8-9-20-14-7-2-1-6-13(14)19-16(20)22/h1-2,6-7,11-12H,3-5,8-10,17H2,(H,18,21)(H,19,22). The molecule has 1 aliphatic carbocycles. The summed E-state index contributed by atoms with van der Waals surface area (Å²) in [7, 11) is 0. The van der Waals surface area contributed by atoms with Gasteiger partial charge >= 0.3 is 5.69 Å². The Morgan fingerprint density at radius 3 is 3.00 bits per heavy atom. The second kappa shape index (κ2) is 6.36. The second-order valence-electron chi connectivity index (χ2n) is 6.01. The molecule has 1 aromatic heterocycles. The molecule has 2 atom stereocenters. The van der Waals surface area contributed by atoms with Gasteiger partial charge in [0, 0.05) is 25.0 Å². The number of nitrogens with two attached hydrogens (primary N) is 1. The minimum Gasteiger partial charge on any atom is -0.354 e. The predicted molar refractivity (Wildman–Crippen MR) is 85.5 cm³/mol. The van der Waals surface area contributed by atoms with Gasteiger partial charge in [-0.3, -0.25) is 9.36 Å². The van der Waals surface area contributed by atoms with Gasteiger partial charge in [-0.15, -0.1) is 0 Å². The lowest BCUT2D eigenvalue weighted by Gasteiger charge is -2.25. The number of aromatic nitrogens is 2. The number of H-pyrrole nitrogens is 1. The van der Waals surface area contributed by atoms with Gasteiger partial charge in [-0.05, 0) is 31.4 Å². The summed E-state index contributed by atoms with van der Waals surface area (Å²) in [5.74, 6) is 0.0754. The average molecular weight is 302 g/mol. The summed E-state index contributed by atoms with van der Waals surface area (Å²) in [6.07, 6.45) is 3.70. The maximum Gasteiger partial charge on any atom is 0.326 e. The third kappa shape index (κ3) is 3.06. The van der Waals surface area contributed by atoms with E-state index in [1.807, 2.05) is 24.3 Å². The van der Waals surface area contributed by atoms with Crippen LogP contribution >= 0.6 is 0 Å². The summed E-state index contributed by atoms with van der Waals surface area (Å²) in [5, 5.41) is 2.94. The molecule has 6 heteroatoms. The van der Waals surface area contributed by atoms with E-state index in [9.17, 15) is 9.59 Å². The molecule has 1 aromatic carbocycles. The van der Waals surface area contributed by atoms with Crippen LogP contribution in [-0.2, 0) is 11.3 Å². The Bertz CT molecular complexity index is 718. The highest BCUT2D eigenvalue weighted by Crippen LogP contribution is 2.23. The highest BCUT2D eigenvalue weighted by molar-refractivity contribution is 5.79. The Morgan fingerprint density at radius 2 is 2.18 bits per heavy atom. The number of fused-ring (bicyclic) bond motifs is 1. The van der Waals surface area contributed by atoms with Gasteiger partial charge in [0.25, 0.3) is 0 Å². The fraction of sp³-hybridized carbons (Fsp3) is 0.500. The van der Waals surface area contributed by atoms with Crippen LogP contribution < -0.4 is 16.7 Å². The van der Waals surface area contributed by atoms with Crippen LogP contribution in [0.3, 0.4) is 0 Å². The molecule has 1 aliphatic rings. The molecule has 1 saturated carbocycles. The zero-order valence-corrected chi connectivity index (χ0v) is 12.5. The first-order chi connectivity index (χ1) is 10.6. The SMILES string of the molecule is NC1CCCC(C(=O)NCCn2c(=O)[nH]c3ccccc32)C1. The van der Waals surface area contributed by atoms with Crippen molar-refractivity contribution >= 4 is 16.9 Å². The molecule has 0 aliphatic heterocycles. The van der Waals surface area contributed by atoms with Crippen LogP contribution in [0.1, 0.15) is 25.7 Å². The first kappa shape index (κ1) is 14.8. The van der Waals surface area contributed by atoms with Crippen molar-refractivity contribution < 1.29 is 4.79 Å². The van der Waals surface area contributed by atoms with E-state index >= 15 is 0 Å². The molecule has 22 heavy (non-hydrogen) atoms. The number of benzene rings is 1. The van der Waals surface area contributed by atoms with E-state index in [0.717, 1.165) is 36.7 Å². The number of carbonyl (C=O) groups excluding carboxylic acids is 1. The van der Waals surface area contributed by atoms with Gasteiger partial charge in [0.2, 0.25) is 5.91 Å². The van der Waals surface area contributed by atoms with E-state index in [-0.39, 0.29) is 23.6 Å². The van der Waals surface area contributed by atoms with Gasteiger partial charge in [-0.2, -0.15) is 0 Å². The van der Waals surface area contributed by atoms with Crippen LogP contribution in [0.5, 0.6) is 0 Å². The Balaban J connectivity index is 1.59. The number of rotatable bonds is 4. The van der Waals surface area contributed by atoms with Crippen molar-refractivity contribution in [1.29, 1.82) is 0 Å². The summed E-state index contributed by atoms with van der Waals surface area (Å²) < 4.78 is 1.65. The van der Waals surface area contributed by atoms with Crippen LogP contribution in [0.4, 0.5) is 0 Å². The zero-order valence-electron chi connectivity index (χ0n) is 12.5. The average Bonchev–Trinajstić information content (AvgIpc) is 2.83. The second-order valence-corrected chi connectivity index (χ2v) is 6.01. The van der Waals surface area contributed by atoms with Crippen molar-refractivity contribution in [3.63, 3.8) is 0 Å². The molecule has 2 unspecified atom stereocenters. The van der Waals surface area contributed by atoms with Crippen molar-refractivity contribution in [2.24, 2.45) is 11.7 Å². The topological polar surface area (TPSA) is 92.9 Å². The van der Waals surface area contributed by atoms with E-state index in [1.54, 1.807) is 4.57 Å². The normalized spacial score (nSPS) is 21.9. The smallest absolute Gasteiger partial charge is 0.326 e. The number of carbonyl (C=O) groups is 1. The highest BCUT2D eigenvalue weighted by Gasteiger charge is 2.24. The Labute approximate surface area is 128 Å². The number of hydrogen-bond acceptors (Lipinski definition) is 3. The van der Waals surface area contributed by atoms with Gasteiger partial charge < -0.3 is 16.0 Å². The van der Waals surface area contributed by atoms with Gasteiger partial charge in [0.15, 0.2) is 0 Å². The fourth-order valence-electron chi connectivity index (χ4n) is 3.23. The van der Waals surface area contributed by atoms with Gasteiger partial charge in [0.05, 0.1) is 11.0 Å². The van der Waals surface area contributed by atoms with Crippen LogP contribution in [-0.4, -0.2) is 28.0 Å². The maximum absolute atomic E-state index is 12.2. The number of nitrogens with zero attached hydrogens (tertiary/aromatic N) is 1. The van der Waals surface area contributed by atoms with E-state index in [2.05, 4.69) is 10.3 Å². The van der Waals surface area contributed by atoms with Crippen LogP contribution in [0, 0.1) is 5.92 Å². The molecule has 0 radical (unpaired) electrons. The summed E-state index contributed by atoms with van der Waals surface area (Å²) >= 11 is 0. The van der Waals surface area contributed by atoms with Crippen molar-refractivity contribution in [1.82, 2.24) is 14.9 Å². The number of imidazole rings is 1. The van der Waals surface area contributed by atoms with Crippen molar-refractivity contribution in [3.05, 3.63) is 34.7 Å². The van der Waals surface area contributed by atoms with E-state index < -0.39 is 0 Å². The molecule has 4 N–H and O–H groups in total. The zero-order chi connectivity index (χ0) is 15.5. The molecule has 6 nitrogen and oxygen atoms in total. The van der Waals surface area contributed by atoms with Gasteiger partial charge in [0.1, 0.15) is 0 Å². The van der Waals surface area contributed by atoms with E-state index in [4.69, 9.17) is 5.73 Å². The van der Waals surface area contributed by atoms with E-state index in [1.165, 1.54) is 0 Å². The first-order valence-corrected chi connectivity index (χ1v) is 7.86. The lowest BCUT2D eigenvalue weighted by Crippen LogP contribution is -2.39. The molecule has 1 amide bonds. The van der Waals surface area contributed by atoms with Crippen LogP contribution in [0.15, 0.2) is 29.1 Å². The largest absolute Gasteiger partial charge is 0.354 e. The molecular weight excluding hydrogens is 280 g/mol. The fourth-order valence-corrected chi connectivity index (χ4v) is 3.23. The lowest BCUT2D eigenvalue weighted by atomic mass is 9.85. The highest BCUT2D eigenvalue weighted by atomic mass is 16.2. The Morgan fingerprint density at radius 1 is 1.36 bits per heavy atom. The van der Waals surface area contributed by atoms with Crippen molar-refractivity contribution in [2.45, 2.75) is 38.3 Å². The van der Waals surface area contributed by atoms with Gasteiger partial charge in [-0.25, -0.2) is 4.79 Å². The Kier molecular flexibility index (Phi) is 4.29. The summed E-state index contributed by atoms with van der Waals surface area (Å²) in [5.41, 5.74) is 7.46. The number of para-hydroxylation sites is 2. The molecule has 118 valence electrons. The van der Waals surface area contributed by atoms with Crippen LogP contribution in [0.2, 0.25) is 0 Å². The molecule has 1 heterocycles. The van der Waals surface area contributed by atoms with Crippen molar-refractivity contribution in [2.75, 3.05) is 6.54 Å². The molecular formula is C16H22N4O2. The number of amides is 1. The van der Waals surface area contributed by atoms with Crippen LogP contribution in [0.25, 0.3) is 11.0 Å². The monoisotopic (exact) mass is 302 g/mol. The number of aromatic amines is 1. The minimum atomic E-state index is -0.143. The molecule has 2 aromatic rings. The number of nitrogens with one attached hydrogen (secondary N) is 2. The summed E-state index contributed by atoms with van der Waals surface area (Å²) in [6, 6.07) is 7.69. The summed E-state index contributed by atoms with van der Waals surface area (Å²) in [6.45, 7) is 0.916. The minimum absolute atomic E-state index is 0.0171. The molecule has 0 bridgehead atoms.